The minimum Gasteiger partial charge on any atom is -0.399 e. The third kappa shape index (κ3) is 2.91. The van der Waals surface area contributed by atoms with Crippen LogP contribution in [-0.2, 0) is 0 Å². The first kappa shape index (κ1) is 12.7. The second kappa shape index (κ2) is 5.25. The molecule has 0 aliphatic rings. The summed E-state index contributed by atoms with van der Waals surface area (Å²) in [6, 6.07) is 9.97. The fraction of sp³-hybridized carbons (Fsp3) is 0. The third-order valence-corrected chi connectivity index (χ3v) is 2.78. The molecule has 0 atom stereocenters. The number of azo groups is 1. The fourth-order valence-electron chi connectivity index (χ4n) is 1.33. The predicted octanol–water partition coefficient (Wildman–Crippen LogP) is 4.57. The zero-order valence-corrected chi connectivity index (χ0v) is 10.8. The Morgan fingerprint density at radius 3 is 2.28 bits per heavy atom. The van der Waals surface area contributed by atoms with Gasteiger partial charge in [0.05, 0.1) is 10.7 Å². The highest BCUT2D eigenvalue weighted by molar-refractivity contribution is 6.35. The SMILES string of the molecule is Nc1ccc(N=Nc2cc(Cl)ccc2Cl)c(N)c1. The second-order valence-corrected chi connectivity index (χ2v) is 4.46. The number of anilines is 2. The van der Waals surface area contributed by atoms with Crippen LogP contribution in [0.1, 0.15) is 0 Å². The van der Waals surface area contributed by atoms with E-state index in [1.807, 2.05) is 0 Å². The van der Waals surface area contributed by atoms with Crippen LogP contribution in [0.25, 0.3) is 0 Å². The maximum Gasteiger partial charge on any atom is 0.109 e. The molecule has 0 bridgehead atoms. The van der Waals surface area contributed by atoms with Gasteiger partial charge in [0, 0.05) is 10.7 Å². The molecule has 0 saturated heterocycles. The number of nitrogens with two attached hydrogens (primary N) is 2. The van der Waals surface area contributed by atoms with E-state index in [0.717, 1.165) is 0 Å². The predicted molar refractivity (Wildman–Crippen MR) is 75.9 cm³/mol. The lowest BCUT2D eigenvalue weighted by atomic mass is 10.2. The Morgan fingerprint density at radius 2 is 1.56 bits per heavy atom. The summed E-state index contributed by atoms with van der Waals surface area (Å²) in [6.45, 7) is 0. The molecule has 0 spiro atoms. The van der Waals surface area contributed by atoms with Crippen LogP contribution in [-0.4, -0.2) is 0 Å². The maximum atomic E-state index is 5.96. The van der Waals surface area contributed by atoms with Crippen molar-refractivity contribution < 1.29 is 0 Å². The van der Waals surface area contributed by atoms with E-state index >= 15 is 0 Å². The lowest BCUT2D eigenvalue weighted by molar-refractivity contribution is 1.23. The Morgan fingerprint density at radius 1 is 0.833 bits per heavy atom. The molecule has 0 radical (unpaired) electrons. The maximum absolute atomic E-state index is 5.96. The zero-order chi connectivity index (χ0) is 13.1. The largest absolute Gasteiger partial charge is 0.399 e. The zero-order valence-electron chi connectivity index (χ0n) is 9.27. The number of halogens is 2. The van der Waals surface area contributed by atoms with Crippen molar-refractivity contribution in [2.75, 3.05) is 11.5 Å². The monoisotopic (exact) mass is 280 g/mol. The van der Waals surface area contributed by atoms with Gasteiger partial charge in [-0.1, -0.05) is 23.2 Å². The van der Waals surface area contributed by atoms with Crippen LogP contribution in [0.15, 0.2) is 46.6 Å². The Bertz CT molecular complexity index is 611. The normalized spacial score (nSPS) is 11.0. The average Bonchev–Trinajstić information content (AvgIpc) is 2.32. The van der Waals surface area contributed by atoms with Crippen molar-refractivity contribution in [3.05, 3.63) is 46.4 Å². The molecule has 0 saturated carbocycles. The van der Waals surface area contributed by atoms with Crippen LogP contribution in [0.2, 0.25) is 10.0 Å². The van der Waals surface area contributed by atoms with Gasteiger partial charge in [-0.2, -0.15) is 0 Å². The summed E-state index contributed by atoms with van der Waals surface area (Å²) >= 11 is 11.8. The summed E-state index contributed by atoms with van der Waals surface area (Å²) in [4.78, 5) is 0. The molecule has 2 aromatic rings. The molecule has 92 valence electrons. The fourth-order valence-corrected chi connectivity index (χ4v) is 1.66. The first-order chi connectivity index (χ1) is 8.56. The number of hydrogen-bond acceptors (Lipinski definition) is 4. The van der Waals surface area contributed by atoms with Gasteiger partial charge in [-0.15, -0.1) is 10.2 Å². The lowest BCUT2D eigenvalue weighted by Gasteiger charge is -2.01. The number of nitrogens with zero attached hydrogens (tertiary/aromatic N) is 2. The van der Waals surface area contributed by atoms with Crippen molar-refractivity contribution in [1.29, 1.82) is 0 Å². The van der Waals surface area contributed by atoms with E-state index in [4.69, 9.17) is 34.7 Å². The summed E-state index contributed by atoms with van der Waals surface area (Å²) in [5.74, 6) is 0. The van der Waals surface area contributed by atoms with Gasteiger partial charge >= 0.3 is 0 Å². The van der Waals surface area contributed by atoms with Gasteiger partial charge in [0.2, 0.25) is 0 Å². The molecule has 0 heterocycles. The van der Waals surface area contributed by atoms with Gasteiger partial charge in [0.25, 0.3) is 0 Å². The highest BCUT2D eigenvalue weighted by Crippen LogP contribution is 2.31. The first-order valence-corrected chi connectivity index (χ1v) is 5.83. The molecular formula is C12H10Cl2N4. The van der Waals surface area contributed by atoms with E-state index in [1.54, 1.807) is 36.4 Å². The van der Waals surface area contributed by atoms with Crippen molar-refractivity contribution in [3.8, 4) is 0 Å². The molecule has 0 amide bonds. The van der Waals surface area contributed by atoms with Crippen LogP contribution < -0.4 is 11.5 Å². The molecule has 18 heavy (non-hydrogen) atoms. The van der Waals surface area contributed by atoms with Gasteiger partial charge in [0.1, 0.15) is 11.4 Å². The van der Waals surface area contributed by atoms with Gasteiger partial charge in [-0.25, -0.2) is 0 Å². The molecule has 2 rings (SSSR count). The molecule has 6 heteroatoms. The molecule has 0 aliphatic carbocycles. The van der Waals surface area contributed by atoms with Crippen molar-refractivity contribution >= 4 is 46.0 Å². The van der Waals surface area contributed by atoms with Crippen LogP contribution >= 0.6 is 23.2 Å². The van der Waals surface area contributed by atoms with Crippen LogP contribution in [0.4, 0.5) is 22.7 Å². The van der Waals surface area contributed by atoms with Crippen molar-refractivity contribution in [2.45, 2.75) is 0 Å². The summed E-state index contributed by atoms with van der Waals surface area (Å²) in [5.41, 5.74) is 13.4. The van der Waals surface area contributed by atoms with Gasteiger partial charge < -0.3 is 11.5 Å². The van der Waals surface area contributed by atoms with Crippen LogP contribution in [0.5, 0.6) is 0 Å². The topological polar surface area (TPSA) is 76.8 Å². The Kier molecular flexibility index (Phi) is 3.69. The summed E-state index contributed by atoms with van der Waals surface area (Å²) in [6.07, 6.45) is 0. The highest BCUT2D eigenvalue weighted by Gasteiger charge is 2.01. The van der Waals surface area contributed by atoms with E-state index in [1.165, 1.54) is 0 Å². The minimum absolute atomic E-state index is 0.455. The molecule has 0 unspecified atom stereocenters. The molecule has 4 N–H and O–H groups in total. The molecule has 0 aromatic heterocycles. The molecular weight excluding hydrogens is 271 g/mol. The van der Waals surface area contributed by atoms with Gasteiger partial charge in [-0.3, -0.25) is 0 Å². The molecule has 0 fully saturated rings. The van der Waals surface area contributed by atoms with Gasteiger partial charge in [0.15, 0.2) is 0 Å². The Balaban J connectivity index is 2.32. The molecule has 0 aliphatic heterocycles. The second-order valence-electron chi connectivity index (χ2n) is 3.61. The number of benzene rings is 2. The van der Waals surface area contributed by atoms with Crippen molar-refractivity contribution in [3.63, 3.8) is 0 Å². The van der Waals surface area contributed by atoms with Gasteiger partial charge in [-0.05, 0) is 36.4 Å². The van der Waals surface area contributed by atoms with Crippen LogP contribution in [0, 0.1) is 0 Å². The smallest absolute Gasteiger partial charge is 0.109 e. The highest BCUT2D eigenvalue weighted by atomic mass is 35.5. The first-order valence-electron chi connectivity index (χ1n) is 5.08. The molecule has 4 nitrogen and oxygen atoms in total. The van der Waals surface area contributed by atoms with Crippen molar-refractivity contribution in [2.24, 2.45) is 10.2 Å². The van der Waals surface area contributed by atoms with E-state index in [0.29, 0.717) is 32.8 Å². The molecule has 2 aromatic carbocycles. The number of rotatable bonds is 2. The van der Waals surface area contributed by atoms with E-state index in [-0.39, 0.29) is 0 Å². The number of hydrogen-bond donors (Lipinski definition) is 2. The third-order valence-electron chi connectivity index (χ3n) is 2.23. The summed E-state index contributed by atoms with van der Waals surface area (Å²) in [5, 5.41) is 9.05. The Labute approximate surface area is 114 Å². The van der Waals surface area contributed by atoms with E-state index < -0.39 is 0 Å². The van der Waals surface area contributed by atoms with E-state index in [9.17, 15) is 0 Å². The lowest BCUT2D eigenvalue weighted by Crippen LogP contribution is -1.89. The summed E-state index contributed by atoms with van der Waals surface area (Å²) in [7, 11) is 0. The van der Waals surface area contributed by atoms with Crippen molar-refractivity contribution in [1.82, 2.24) is 0 Å². The number of nitrogen functional groups attached to an aromatic ring is 2. The van der Waals surface area contributed by atoms with E-state index in [2.05, 4.69) is 10.2 Å². The standard InChI is InChI=1S/C12H10Cl2N4/c13-7-1-3-9(14)12(5-7)18-17-11-4-2-8(15)6-10(11)16/h1-6H,15-16H2. The van der Waals surface area contributed by atoms with Crippen LogP contribution in [0.3, 0.4) is 0 Å². The minimum atomic E-state index is 0.455. The summed E-state index contributed by atoms with van der Waals surface area (Å²) < 4.78 is 0. The average molecular weight is 281 g/mol. The quantitative estimate of drug-likeness (QED) is 0.624. The Hall–Kier alpha value is -1.78.